The van der Waals surface area contributed by atoms with Gasteiger partial charge in [0.2, 0.25) is 5.91 Å². The number of benzene rings is 1. The summed E-state index contributed by atoms with van der Waals surface area (Å²) in [4.78, 5) is 27.0. The van der Waals surface area contributed by atoms with Gasteiger partial charge in [-0.15, -0.1) is 0 Å². The van der Waals surface area contributed by atoms with Crippen LogP contribution in [0.4, 0.5) is 0 Å². The van der Waals surface area contributed by atoms with E-state index < -0.39 is 6.04 Å². The van der Waals surface area contributed by atoms with Crippen LogP contribution >= 0.6 is 0 Å². The van der Waals surface area contributed by atoms with Crippen LogP contribution in [0.15, 0.2) is 30.3 Å². The smallest absolute Gasteiger partial charge is 0.268 e. The fraction of sp³-hybridized carbons (Fsp3) is 0.333. The van der Waals surface area contributed by atoms with Crippen LogP contribution in [-0.4, -0.2) is 28.9 Å². The summed E-state index contributed by atoms with van der Waals surface area (Å²) in [5, 5.41) is 6.56. The number of carbonyl (C=O) groups is 2. The highest BCUT2D eigenvalue weighted by Crippen LogP contribution is 2.18. The number of aromatic amines is 1. The van der Waals surface area contributed by atoms with Crippen molar-refractivity contribution < 1.29 is 9.59 Å². The highest BCUT2D eigenvalue weighted by atomic mass is 16.2. The Morgan fingerprint density at radius 1 is 1.30 bits per heavy atom. The monoisotopic (exact) mass is 271 g/mol. The van der Waals surface area contributed by atoms with Gasteiger partial charge >= 0.3 is 0 Å². The summed E-state index contributed by atoms with van der Waals surface area (Å²) in [6, 6.07) is 9.23. The third-order valence-corrected chi connectivity index (χ3v) is 3.44. The first kappa shape index (κ1) is 12.7. The van der Waals surface area contributed by atoms with Gasteiger partial charge in [0.05, 0.1) is 0 Å². The molecule has 1 saturated carbocycles. The molecule has 1 fully saturated rings. The zero-order chi connectivity index (χ0) is 14.1. The molecular formula is C15H17N3O2. The van der Waals surface area contributed by atoms with Crippen molar-refractivity contribution >= 4 is 22.7 Å². The standard InChI is InChI=1S/C15H17N3O2/c1-9(14(19)17-11-6-7-11)16-15(20)13-8-10-4-2-3-5-12(10)18-13/h2-5,8-9,11,18H,6-7H2,1H3,(H,16,20)(H,17,19). The van der Waals surface area contributed by atoms with Gasteiger partial charge in [-0.1, -0.05) is 18.2 Å². The number of nitrogens with one attached hydrogen (secondary N) is 3. The average Bonchev–Trinajstić information content (AvgIpc) is 3.13. The second kappa shape index (κ2) is 5.00. The first-order valence-electron chi connectivity index (χ1n) is 6.82. The van der Waals surface area contributed by atoms with E-state index in [1.807, 2.05) is 24.3 Å². The summed E-state index contributed by atoms with van der Waals surface area (Å²) in [5.41, 5.74) is 1.38. The van der Waals surface area contributed by atoms with Crippen molar-refractivity contribution in [3.63, 3.8) is 0 Å². The molecule has 0 radical (unpaired) electrons. The molecule has 3 N–H and O–H groups in total. The normalized spacial score (nSPS) is 15.8. The topological polar surface area (TPSA) is 74.0 Å². The first-order valence-corrected chi connectivity index (χ1v) is 6.82. The summed E-state index contributed by atoms with van der Waals surface area (Å²) >= 11 is 0. The molecule has 1 aromatic carbocycles. The van der Waals surface area contributed by atoms with Crippen molar-refractivity contribution in [2.24, 2.45) is 0 Å². The quantitative estimate of drug-likeness (QED) is 0.789. The van der Waals surface area contributed by atoms with Crippen molar-refractivity contribution in [2.45, 2.75) is 31.8 Å². The minimum absolute atomic E-state index is 0.128. The summed E-state index contributed by atoms with van der Waals surface area (Å²) in [6.07, 6.45) is 2.07. The molecule has 1 atom stereocenters. The van der Waals surface area contributed by atoms with Crippen LogP contribution < -0.4 is 10.6 Å². The van der Waals surface area contributed by atoms with Crippen molar-refractivity contribution in [3.05, 3.63) is 36.0 Å². The minimum Gasteiger partial charge on any atom is -0.352 e. The minimum atomic E-state index is -0.533. The van der Waals surface area contributed by atoms with Crippen molar-refractivity contribution in [2.75, 3.05) is 0 Å². The average molecular weight is 271 g/mol. The molecule has 1 aromatic heterocycles. The maximum absolute atomic E-state index is 12.1. The second-order valence-electron chi connectivity index (χ2n) is 5.25. The molecule has 2 aromatic rings. The van der Waals surface area contributed by atoms with E-state index >= 15 is 0 Å². The van der Waals surface area contributed by atoms with Gasteiger partial charge in [-0.3, -0.25) is 9.59 Å². The van der Waals surface area contributed by atoms with Crippen molar-refractivity contribution in [1.29, 1.82) is 0 Å². The number of H-pyrrole nitrogens is 1. The fourth-order valence-corrected chi connectivity index (χ4v) is 2.09. The number of hydrogen-bond donors (Lipinski definition) is 3. The van der Waals surface area contributed by atoms with Gasteiger partial charge in [-0.2, -0.15) is 0 Å². The molecule has 1 heterocycles. The number of carbonyl (C=O) groups excluding carboxylic acids is 2. The number of aromatic nitrogens is 1. The SMILES string of the molecule is CC(NC(=O)c1cc2ccccc2[nH]1)C(=O)NC1CC1. The van der Waals surface area contributed by atoms with Gasteiger partial charge in [0, 0.05) is 16.9 Å². The van der Waals surface area contributed by atoms with E-state index in [0.29, 0.717) is 11.7 Å². The van der Waals surface area contributed by atoms with Crippen LogP contribution in [0.5, 0.6) is 0 Å². The first-order chi connectivity index (χ1) is 9.63. The van der Waals surface area contributed by atoms with E-state index in [0.717, 1.165) is 23.7 Å². The van der Waals surface area contributed by atoms with Gasteiger partial charge in [-0.05, 0) is 31.9 Å². The Bertz CT molecular complexity index is 625. The molecular weight excluding hydrogens is 254 g/mol. The lowest BCUT2D eigenvalue weighted by Gasteiger charge is -2.13. The predicted octanol–water partition coefficient (Wildman–Crippen LogP) is 1.56. The summed E-state index contributed by atoms with van der Waals surface area (Å²) in [5.74, 6) is -0.392. The van der Waals surface area contributed by atoms with E-state index in [9.17, 15) is 9.59 Å². The van der Waals surface area contributed by atoms with Crippen LogP contribution in [0.3, 0.4) is 0 Å². The lowest BCUT2D eigenvalue weighted by molar-refractivity contribution is -0.122. The molecule has 1 aliphatic rings. The number of rotatable bonds is 4. The maximum Gasteiger partial charge on any atom is 0.268 e. The predicted molar refractivity (Wildman–Crippen MR) is 76.4 cm³/mol. The van der Waals surface area contributed by atoms with E-state index in [-0.39, 0.29) is 11.8 Å². The van der Waals surface area contributed by atoms with Gasteiger partial charge in [0.15, 0.2) is 0 Å². The molecule has 104 valence electrons. The number of para-hydroxylation sites is 1. The Morgan fingerprint density at radius 2 is 2.05 bits per heavy atom. The summed E-state index contributed by atoms with van der Waals surface area (Å²) in [6.45, 7) is 1.69. The largest absolute Gasteiger partial charge is 0.352 e. The second-order valence-corrected chi connectivity index (χ2v) is 5.25. The molecule has 5 heteroatoms. The van der Waals surface area contributed by atoms with Gasteiger partial charge in [0.25, 0.3) is 5.91 Å². The van der Waals surface area contributed by atoms with E-state index in [1.54, 1.807) is 13.0 Å². The molecule has 1 unspecified atom stereocenters. The number of fused-ring (bicyclic) bond motifs is 1. The molecule has 0 saturated heterocycles. The molecule has 2 amide bonds. The highest BCUT2D eigenvalue weighted by molar-refractivity contribution is 6.00. The Labute approximate surface area is 116 Å². The Morgan fingerprint density at radius 3 is 2.75 bits per heavy atom. The Balaban J connectivity index is 1.67. The molecule has 0 bridgehead atoms. The molecule has 0 aliphatic heterocycles. The van der Waals surface area contributed by atoms with Crippen LogP contribution in [-0.2, 0) is 4.79 Å². The van der Waals surface area contributed by atoms with E-state index in [2.05, 4.69) is 15.6 Å². The third kappa shape index (κ3) is 2.66. The van der Waals surface area contributed by atoms with E-state index in [4.69, 9.17) is 0 Å². The molecule has 20 heavy (non-hydrogen) atoms. The molecule has 3 rings (SSSR count). The molecule has 5 nitrogen and oxygen atoms in total. The summed E-state index contributed by atoms with van der Waals surface area (Å²) in [7, 11) is 0. The highest BCUT2D eigenvalue weighted by Gasteiger charge is 2.26. The Kier molecular flexibility index (Phi) is 3.18. The molecule has 1 aliphatic carbocycles. The number of amides is 2. The third-order valence-electron chi connectivity index (χ3n) is 3.44. The van der Waals surface area contributed by atoms with E-state index in [1.165, 1.54) is 0 Å². The van der Waals surface area contributed by atoms with Gasteiger partial charge in [-0.25, -0.2) is 0 Å². The van der Waals surface area contributed by atoms with Crippen molar-refractivity contribution in [3.8, 4) is 0 Å². The molecule has 0 spiro atoms. The zero-order valence-corrected chi connectivity index (χ0v) is 11.3. The lowest BCUT2D eigenvalue weighted by atomic mass is 10.2. The lowest BCUT2D eigenvalue weighted by Crippen LogP contribution is -2.45. The zero-order valence-electron chi connectivity index (χ0n) is 11.3. The van der Waals surface area contributed by atoms with Gasteiger partial charge in [0.1, 0.15) is 11.7 Å². The van der Waals surface area contributed by atoms with Crippen LogP contribution in [0, 0.1) is 0 Å². The maximum atomic E-state index is 12.1. The number of hydrogen-bond acceptors (Lipinski definition) is 2. The Hall–Kier alpha value is -2.30. The fourth-order valence-electron chi connectivity index (χ4n) is 2.09. The summed E-state index contributed by atoms with van der Waals surface area (Å²) < 4.78 is 0. The van der Waals surface area contributed by atoms with Crippen LogP contribution in [0.1, 0.15) is 30.3 Å². The van der Waals surface area contributed by atoms with Crippen molar-refractivity contribution in [1.82, 2.24) is 15.6 Å². The van der Waals surface area contributed by atoms with Gasteiger partial charge < -0.3 is 15.6 Å². The van der Waals surface area contributed by atoms with Crippen LogP contribution in [0.2, 0.25) is 0 Å². The van der Waals surface area contributed by atoms with Crippen LogP contribution in [0.25, 0.3) is 10.9 Å².